The smallest absolute Gasteiger partial charge is 0.109 e. The van der Waals surface area contributed by atoms with Crippen molar-refractivity contribution in [2.75, 3.05) is 0 Å². The van der Waals surface area contributed by atoms with Crippen LogP contribution < -0.4 is 5.32 Å². The topological polar surface area (TPSA) is 53.7 Å². The van der Waals surface area contributed by atoms with E-state index in [1.165, 1.54) is 6.42 Å². The van der Waals surface area contributed by atoms with E-state index in [0.717, 1.165) is 30.2 Å². The van der Waals surface area contributed by atoms with Gasteiger partial charge in [0.05, 0.1) is 5.71 Å². The number of aryl methyl sites for hydroxylation is 2. The van der Waals surface area contributed by atoms with Crippen LogP contribution in [-0.2, 0) is 13.0 Å². The Morgan fingerprint density at radius 1 is 1.59 bits per heavy atom. The van der Waals surface area contributed by atoms with Crippen molar-refractivity contribution >= 4 is 5.71 Å². The lowest BCUT2D eigenvalue weighted by molar-refractivity contribution is 0.670. The van der Waals surface area contributed by atoms with Crippen LogP contribution in [0.2, 0.25) is 0 Å². The molecule has 2 N–H and O–H groups in total. The van der Waals surface area contributed by atoms with Crippen LogP contribution in [0.1, 0.15) is 38.7 Å². The molecule has 0 aromatic carbocycles. The van der Waals surface area contributed by atoms with Gasteiger partial charge in [-0.3, -0.25) is 5.41 Å². The highest BCUT2D eigenvalue weighted by Crippen LogP contribution is 2.15. The average molecular weight is 232 g/mol. The fraction of sp³-hybridized carbons (Fsp3) is 0.538. The van der Waals surface area contributed by atoms with Gasteiger partial charge in [-0.2, -0.15) is 0 Å². The van der Waals surface area contributed by atoms with E-state index in [-0.39, 0.29) is 0 Å². The van der Waals surface area contributed by atoms with Crippen LogP contribution >= 0.6 is 0 Å². The molecule has 0 bridgehead atoms. The Morgan fingerprint density at radius 3 is 3.00 bits per heavy atom. The van der Waals surface area contributed by atoms with Gasteiger partial charge >= 0.3 is 0 Å². The molecule has 0 spiro atoms. The molecular weight excluding hydrogens is 212 g/mol. The van der Waals surface area contributed by atoms with Crippen LogP contribution in [0.15, 0.2) is 18.0 Å². The van der Waals surface area contributed by atoms with Crippen molar-refractivity contribution in [3.05, 3.63) is 29.5 Å². The van der Waals surface area contributed by atoms with Gasteiger partial charge in [-0.25, -0.2) is 4.98 Å². The first kappa shape index (κ1) is 11.9. The average Bonchev–Trinajstić information content (AvgIpc) is 2.73. The molecule has 0 saturated carbocycles. The summed E-state index contributed by atoms with van der Waals surface area (Å²) in [4.78, 5) is 4.49. The maximum absolute atomic E-state index is 8.02. The molecule has 0 unspecified atom stereocenters. The fourth-order valence-electron chi connectivity index (χ4n) is 2.17. The molecule has 0 fully saturated rings. The first-order valence-corrected chi connectivity index (χ1v) is 6.16. The highest BCUT2D eigenvalue weighted by Gasteiger charge is 2.15. The summed E-state index contributed by atoms with van der Waals surface area (Å²) in [5.41, 5.74) is 2.28. The molecule has 4 heteroatoms. The summed E-state index contributed by atoms with van der Waals surface area (Å²) in [5.74, 6) is 1.12. The molecule has 1 aliphatic heterocycles. The van der Waals surface area contributed by atoms with E-state index in [1.807, 2.05) is 19.2 Å². The highest BCUT2D eigenvalue weighted by atomic mass is 15.1. The minimum atomic E-state index is 0.394. The standard InChI is InChI=1S/C13H20N4/c1-9(2)15-10(3)7-11(14)12-8-17-6-4-5-13(17)16-12/h7-9,14-15H,4-6H2,1-3H3/b10-7-,14-11?. The zero-order valence-electron chi connectivity index (χ0n) is 10.7. The van der Waals surface area contributed by atoms with Crippen LogP contribution in [0.4, 0.5) is 0 Å². The lowest BCUT2D eigenvalue weighted by Crippen LogP contribution is -2.21. The van der Waals surface area contributed by atoms with E-state index in [1.54, 1.807) is 0 Å². The maximum Gasteiger partial charge on any atom is 0.109 e. The summed E-state index contributed by atoms with van der Waals surface area (Å²) in [7, 11) is 0. The molecule has 0 radical (unpaired) electrons. The minimum absolute atomic E-state index is 0.394. The van der Waals surface area contributed by atoms with E-state index < -0.39 is 0 Å². The van der Waals surface area contributed by atoms with Crippen molar-refractivity contribution in [2.45, 2.75) is 46.2 Å². The van der Waals surface area contributed by atoms with Crippen LogP contribution in [0.5, 0.6) is 0 Å². The van der Waals surface area contributed by atoms with Gasteiger partial charge in [0, 0.05) is 30.9 Å². The molecule has 92 valence electrons. The van der Waals surface area contributed by atoms with E-state index in [4.69, 9.17) is 5.41 Å². The highest BCUT2D eigenvalue weighted by molar-refractivity contribution is 6.05. The molecule has 1 aromatic rings. The molecule has 0 amide bonds. The summed E-state index contributed by atoms with van der Waals surface area (Å²) >= 11 is 0. The number of hydrogen-bond acceptors (Lipinski definition) is 3. The number of nitrogens with zero attached hydrogens (tertiary/aromatic N) is 2. The Balaban J connectivity index is 2.09. The third-order valence-electron chi connectivity index (χ3n) is 2.81. The molecule has 2 rings (SSSR count). The zero-order chi connectivity index (χ0) is 12.4. The number of hydrogen-bond donors (Lipinski definition) is 2. The Hall–Kier alpha value is -1.58. The van der Waals surface area contributed by atoms with Crippen molar-refractivity contribution < 1.29 is 0 Å². The quantitative estimate of drug-likeness (QED) is 0.781. The van der Waals surface area contributed by atoms with E-state index in [2.05, 4.69) is 28.7 Å². The SMILES string of the molecule is C/C(=C/C(=N)c1cn2c(n1)CCC2)NC(C)C. The first-order chi connectivity index (χ1) is 8.06. The van der Waals surface area contributed by atoms with Crippen LogP contribution in [0.3, 0.4) is 0 Å². The van der Waals surface area contributed by atoms with E-state index in [9.17, 15) is 0 Å². The van der Waals surface area contributed by atoms with Crippen molar-refractivity contribution in [2.24, 2.45) is 0 Å². The molecule has 0 saturated heterocycles. The predicted molar refractivity (Wildman–Crippen MR) is 69.4 cm³/mol. The Kier molecular flexibility index (Phi) is 3.31. The van der Waals surface area contributed by atoms with Crippen molar-refractivity contribution in [1.29, 1.82) is 5.41 Å². The lowest BCUT2D eigenvalue weighted by Gasteiger charge is -2.09. The normalized spacial score (nSPS) is 15.2. The van der Waals surface area contributed by atoms with Crippen LogP contribution in [0.25, 0.3) is 0 Å². The van der Waals surface area contributed by atoms with Gasteiger partial charge in [0.1, 0.15) is 11.5 Å². The second-order valence-electron chi connectivity index (χ2n) is 4.88. The zero-order valence-corrected chi connectivity index (χ0v) is 10.7. The molecule has 0 atom stereocenters. The summed E-state index contributed by atoms with van der Waals surface area (Å²) in [6.45, 7) is 7.21. The van der Waals surface area contributed by atoms with Crippen molar-refractivity contribution in [3.63, 3.8) is 0 Å². The Morgan fingerprint density at radius 2 is 2.35 bits per heavy atom. The van der Waals surface area contributed by atoms with E-state index in [0.29, 0.717) is 11.8 Å². The van der Waals surface area contributed by atoms with Gasteiger partial charge in [0.25, 0.3) is 0 Å². The van der Waals surface area contributed by atoms with Gasteiger partial charge in [0.2, 0.25) is 0 Å². The van der Waals surface area contributed by atoms with Gasteiger partial charge < -0.3 is 9.88 Å². The third kappa shape index (κ3) is 2.75. The van der Waals surface area contributed by atoms with Gasteiger partial charge in [-0.15, -0.1) is 0 Å². The molecule has 0 aliphatic carbocycles. The van der Waals surface area contributed by atoms with E-state index >= 15 is 0 Å². The predicted octanol–water partition coefficient (Wildman–Crippen LogP) is 2.10. The summed E-state index contributed by atoms with van der Waals surface area (Å²) in [6.07, 6.45) is 6.06. The summed E-state index contributed by atoms with van der Waals surface area (Å²) in [5, 5.41) is 11.3. The minimum Gasteiger partial charge on any atom is -0.386 e. The molecule has 17 heavy (non-hydrogen) atoms. The summed E-state index contributed by atoms with van der Waals surface area (Å²) < 4.78 is 2.16. The molecular formula is C13H20N4. The fourth-order valence-corrected chi connectivity index (χ4v) is 2.17. The number of fused-ring (bicyclic) bond motifs is 1. The number of allylic oxidation sites excluding steroid dienone is 2. The third-order valence-corrected chi connectivity index (χ3v) is 2.81. The molecule has 1 aliphatic rings. The van der Waals surface area contributed by atoms with Crippen LogP contribution in [-0.4, -0.2) is 21.3 Å². The van der Waals surface area contributed by atoms with Crippen molar-refractivity contribution in [3.8, 4) is 0 Å². The first-order valence-electron chi connectivity index (χ1n) is 6.16. The van der Waals surface area contributed by atoms with Gasteiger partial charge in [0.15, 0.2) is 0 Å². The van der Waals surface area contributed by atoms with Gasteiger partial charge in [-0.05, 0) is 33.3 Å². The second kappa shape index (κ2) is 4.73. The summed E-state index contributed by atoms with van der Waals surface area (Å²) in [6, 6.07) is 0.394. The number of rotatable bonds is 4. The number of imidazole rings is 1. The monoisotopic (exact) mass is 232 g/mol. The molecule has 4 nitrogen and oxygen atoms in total. The molecule has 2 heterocycles. The number of nitrogens with one attached hydrogen (secondary N) is 2. The largest absolute Gasteiger partial charge is 0.386 e. The van der Waals surface area contributed by atoms with Gasteiger partial charge in [-0.1, -0.05) is 0 Å². The van der Waals surface area contributed by atoms with Crippen LogP contribution in [0, 0.1) is 5.41 Å². The Bertz CT molecular complexity index is 432. The Labute approximate surface area is 102 Å². The second-order valence-corrected chi connectivity index (χ2v) is 4.88. The maximum atomic E-state index is 8.02. The number of aromatic nitrogens is 2. The van der Waals surface area contributed by atoms with Crippen molar-refractivity contribution in [1.82, 2.24) is 14.9 Å². The molecule has 1 aromatic heterocycles. The lowest BCUT2D eigenvalue weighted by atomic mass is 10.2.